The molecular weight excluding hydrogens is 324 g/mol. The van der Waals surface area contributed by atoms with Crippen LogP contribution in [0.3, 0.4) is 0 Å². The molecule has 3 rings (SSSR count). The summed E-state index contributed by atoms with van der Waals surface area (Å²) >= 11 is 0. The maximum Gasteiger partial charge on any atom is 0.317 e. The van der Waals surface area contributed by atoms with Gasteiger partial charge in [-0.2, -0.15) is 9.97 Å². The number of aryl methyl sites for hydroxylation is 1. The summed E-state index contributed by atoms with van der Waals surface area (Å²) in [5, 5.41) is 10.8. The van der Waals surface area contributed by atoms with Crippen molar-refractivity contribution in [3.8, 4) is 0 Å². The average Bonchev–Trinajstić information content (AvgIpc) is 3.22. The number of likely N-dealkylation sites (tertiary alicyclic amines) is 1. The van der Waals surface area contributed by atoms with Gasteiger partial charge in [0.15, 0.2) is 11.6 Å². The number of nitrogens with zero attached hydrogens (tertiary/aromatic N) is 5. The SMILES string of the molecule is Cc1nc(Cc2noc(C3CCCN(C(=O)NCC(C)C)C3)n2)no1. The lowest BCUT2D eigenvalue weighted by atomic mass is 9.98. The Morgan fingerprint density at radius 2 is 2.04 bits per heavy atom. The first-order valence-corrected chi connectivity index (χ1v) is 8.65. The van der Waals surface area contributed by atoms with Crippen LogP contribution < -0.4 is 5.32 Å². The van der Waals surface area contributed by atoms with Crippen LogP contribution in [-0.4, -0.2) is 50.8 Å². The third-order valence-corrected chi connectivity index (χ3v) is 4.09. The molecular formula is C16H24N6O3. The summed E-state index contributed by atoms with van der Waals surface area (Å²) in [5.41, 5.74) is 0. The van der Waals surface area contributed by atoms with Crippen molar-refractivity contribution in [2.24, 2.45) is 5.92 Å². The molecule has 1 aliphatic heterocycles. The minimum absolute atomic E-state index is 0.0274. The predicted molar refractivity (Wildman–Crippen MR) is 87.9 cm³/mol. The lowest BCUT2D eigenvalue weighted by Crippen LogP contribution is -2.45. The number of carbonyl (C=O) groups is 1. The van der Waals surface area contributed by atoms with Crippen LogP contribution in [0.2, 0.25) is 0 Å². The van der Waals surface area contributed by atoms with E-state index in [-0.39, 0.29) is 11.9 Å². The van der Waals surface area contributed by atoms with E-state index in [0.29, 0.717) is 48.9 Å². The molecule has 136 valence electrons. The van der Waals surface area contributed by atoms with Crippen molar-refractivity contribution in [3.05, 3.63) is 23.4 Å². The highest BCUT2D eigenvalue weighted by Crippen LogP contribution is 2.26. The minimum atomic E-state index is -0.0274. The largest absolute Gasteiger partial charge is 0.340 e. The normalized spacial score (nSPS) is 17.9. The van der Waals surface area contributed by atoms with Crippen molar-refractivity contribution in [2.45, 2.75) is 46.0 Å². The lowest BCUT2D eigenvalue weighted by Gasteiger charge is -2.31. The van der Waals surface area contributed by atoms with Crippen molar-refractivity contribution < 1.29 is 13.8 Å². The molecule has 0 spiro atoms. The Bertz CT molecular complexity index is 710. The quantitative estimate of drug-likeness (QED) is 0.878. The molecule has 2 aromatic heterocycles. The Kier molecular flexibility index (Phi) is 5.30. The molecule has 1 N–H and O–H groups in total. The fraction of sp³-hybridized carbons (Fsp3) is 0.688. The van der Waals surface area contributed by atoms with Gasteiger partial charge >= 0.3 is 6.03 Å². The summed E-state index contributed by atoms with van der Waals surface area (Å²) in [5.74, 6) is 2.62. The number of amides is 2. The Morgan fingerprint density at radius 1 is 1.28 bits per heavy atom. The minimum Gasteiger partial charge on any atom is -0.340 e. The maximum atomic E-state index is 12.2. The van der Waals surface area contributed by atoms with Crippen molar-refractivity contribution in [3.63, 3.8) is 0 Å². The van der Waals surface area contributed by atoms with E-state index in [1.165, 1.54) is 0 Å². The molecule has 1 saturated heterocycles. The van der Waals surface area contributed by atoms with E-state index in [9.17, 15) is 4.79 Å². The first-order valence-electron chi connectivity index (χ1n) is 8.65. The highest BCUT2D eigenvalue weighted by molar-refractivity contribution is 5.74. The van der Waals surface area contributed by atoms with E-state index in [1.54, 1.807) is 6.92 Å². The Balaban J connectivity index is 1.59. The van der Waals surface area contributed by atoms with Crippen LogP contribution in [0.5, 0.6) is 0 Å². The van der Waals surface area contributed by atoms with Gasteiger partial charge in [0, 0.05) is 26.6 Å². The zero-order valence-electron chi connectivity index (χ0n) is 14.9. The zero-order chi connectivity index (χ0) is 17.8. The van der Waals surface area contributed by atoms with Crippen LogP contribution in [0.15, 0.2) is 9.05 Å². The lowest BCUT2D eigenvalue weighted by molar-refractivity contribution is 0.171. The number of aromatic nitrogens is 4. The van der Waals surface area contributed by atoms with Crippen LogP contribution >= 0.6 is 0 Å². The van der Waals surface area contributed by atoms with E-state index >= 15 is 0 Å². The van der Waals surface area contributed by atoms with Crippen LogP contribution in [0.25, 0.3) is 0 Å². The Labute approximate surface area is 146 Å². The molecule has 0 aliphatic carbocycles. The monoisotopic (exact) mass is 348 g/mol. The number of hydrogen-bond donors (Lipinski definition) is 1. The molecule has 2 amide bonds. The van der Waals surface area contributed by atoms with Crippen LogP contribution in [0, 0.1) is 12.8 Å². The smallest absolute Gasteiger partial charge is 0.317 e. The Hall–Kier alpha value is -2.45. The standard InChI is InChI=1S/C16H24N6O3/c1-10(2)8-17-16(23)22-6-4-5-12(9-22)15-19-14(21-25-15)7-13-18-11(3)24-20-13/h10,12H,4-9H2,1-3H3,(H,17,23). The Morgan fingerprint density at radius 3 is 2.76 bits per heavy atom. The molecule has 1 fully saturated rings. The van der Waals surface area contributed by atoms with Crippen LogP contribution in [0.1, 0.15) is 56.0 Å². The van der Waals surface area contributed by atoms with Gasteiger partial charge in [-0.3, -0.25) is 0 Å². The van der Waals surface area contributed by atoms with Gasteiger partial charge in [-0.1, -0.05) is 24.2 Å². The predicted octanol–water partition coefficient (Wildman–Crippen LogP) is 1.90. The third-order valence-electron chi connectivity index (χ3n) is 4.09. The second kappa shape index (κ2) is 7.62. The first kappa shape index (κ1) is 17.4. The van der Waals surface area contributed by atoms with E-state index in [2.05, 4.69) is 39.4 Å². The van der Waals surface area contributed by atoms with Gasteiger partial charge in [-0.05, 0) is 18.8 Å². The van der Waals surface area contributed by atoms with E-state index in [0.717, 1.165) is 19.4 Å². The molecule has 25 heavy (non-hydrogen) atoms. The highest BCUT2D eigenvalue weighted by atomic mass is 16.5. The molecule has 0 bridgehead atoms. The molecule has 9 heteroatoms. The summed E-state index contributed by atoms with van der Waals surface area (Å²) in [6, 6.07) is -0.0274. The van der Waals surface area contributed by atoms with Crippen molar-refractivity contribution >= 4 is 6.03 Å². The molecule has 3 heterocycles. The highest BCUT2D eigenvalue weighted by Gasteiger charge is 2.28. The van der Waals surface area contributed by atoms with Crippen molar-refractivity contribution in [1.29, 1.82) is 0 Å². The molecule has 0 aromatic carbocycles. The van der Waals surface area contributed by atoms with Gasteiger partial charge in [-0.25, -0.2) is 4.79 Å². The molecule has 9 nitrogen and oxygen atoms in total. The van der Waals surface area contributed by atoms with Crippen molar-refractivity contribution in [2.75, 3.05) is 19.6 Å². The van der Waals surface area contributed by atoms with Crippen molar-refractivity contribution in [1.82, 2.24) is 30.5 Å². The molecule has 1 unspecified atom stereocenters. The van der Waals surface area contributed by atoms with Gasteiger partial charge in [0.1, 0.15) is 0 Å². The molecule has 0 radical (unpaired) electrons. The second-order valence-electron chi connectivity index (χ2n) is 6.82. The number of hydrogen-bond acceptors (Lipinski definition) is 7. The molecule has 2 aromatic rings. The average molecular weight is 348 g/mol. The summed E-state index contributed by atoms with van der Waals surface area (Å²) < 4.78 is 10.3. The molecule has 0 saturated carbocycles. The molecule has 1 atom stereocenters. The number of piperidine rings is 1. The van der Waals surface area contributed by atoms with Gasteiger partial charge in [0.25, 0.3) is 0 Å². The number of carbonyl (C=O) groups excluding carboxylic acids is 1. The summed E-state index contributed by atoms with van der Waals surface area (Å²) in [6.07, 6.45) is 2.21. The fourth-order valence-electron chi connectivity index (χ4n) is 2.83. The summed E-state index contributed by atoms with van der Waals surface area (Å²) in [7, 11) is 0. The zero-order valence-corrected chi connectivity index (χ0v) is 14.9. The van der Waals surface area contributed by atoms with Crippen LogP contribution in [0.4, 0.5) is 4.79 Å². The maximum absolute atomic E-state index is 12.2. The van der Waals surface area contributed by atoms with Gasteiger partial charge in [-0.15, -0.1) is 0 Å². The van der Waals surface area contributed by atoms with Crippen LogP contribution in [-0.2, 0) is 6.42 Å². The topological polar surface area (TPSA) is 110 Å². The number of nitrogens with one attached hydrogen (secondary N) is 1. The number of rotatable bonds is 5. The summed E-state index contributed by atoms with van der Waals surface area (Å²) in [4.78, 5) is 22.7. The first-order chi connectivity index (χ1) is 12.0. The fourth-order valence-corrected chi connectivity index (χ4v) is 2.83. The third kappa shape index (κ3) is 4.55. The van der Waals surface area contributed by atoms with Gasteiger partial charge < -0.3 is 19.3 Å². The van der Waals surface area contributed by atoms with E-state index < -0.39 is 0 Å². The van der Waals surface area contributed by atoms with Gasteiger partial charge in [0.2, 0.25) is 11.8 Å². The van der Waals surface area contributed by atoms with E-state index in [4.69, 9.17) is 9.05 Å². The second-order valence-corrected chi connectivity index (χ2v) is 6.82. The molecule has 1 aliphatic rings. The van der Waals surface area contributed by atoms with Gasteiger partial charge in [0.05, 0.1) is 12.3 Å². The van der Waals surface area contributed by atoms with E-state index in [1.807, 2.05) is 4.90 Å². The number of urea groups is 1. The summed E-state index contributed by atoms with van der Waals surface area (Å²) in [6.45, 7) is 7.90.